The zero-order valence-electron chi connectivity index (χ0n) is 12.7. The minimum absolute atomic E-state index is 0.373. The van der Waals surface area contributed by atoms with E-state index in [1.807, 2.05) is 0 Å². The summed E-state index contributed by atoms with van der Waals surface area (Å²) in [5.74, 6) is 2.27. The Morgan fingerprint density at radius 3 is 2.95 bits per heavy atom. The van der Waals surface area contributed by atoms with Gasteiger partial charge in [-0.3, -0.25) is 0 Å². The van der Waals surface area contributed by atoms with Crippen molar-refractivity contribution in [1.82, 2.24) is 0 Å². The lowest BCUT2D eigenvalue weighted by Gasteiger charge is -2.31. The molecule has 3 aliphatic rings. The van der Waals surface area contributed by atoms with Crippen LogP contribution in [0.25, 0.3) is 0 Å². The van der Waals surface area contributed by atoms with Crippen molar-refractivity contribution < 1.29 is 4.74 Å². The van der Waals surface area contributed by atoms with Gasteiger partial charge >= 0.3 is 0 Å². The Morgan fingerprint density at radius 2 is 2.26 bits per heavy atom. The van der Waals surface area contributed by atoms with Gasteiger partial charge in [-0.15, -0.1) is 0 Å². The summed E-state index contributed by atoms with van der Waals surface area (Å²) in [5, 5.41) is 0. The van der Waals surface area contributed by atoms with Crippen molar-refractivity contribution in [2.75, 3.05) is 6.61 Å². The van der Waals surface area contributed by atoms with Crippen LogP contribution in [-0.2, 0) is 4.74 Å². The van der Waals surface area contributed by atoms with Gasteiger partial charge in [0.25, 0.3) is 0 Å². The van der Waals surface area contributed by atoms with Crippen LogP contribution < -0.4 is 0 Å². The molecule has 1 heterocycles. The first kappa shape index (κ1) is 13.4. The molecule has 3 unspecified atom stereocenters. The number of allylic oxidation sites excluding steroid dienone is 2. The summed E-state index contributed by atoms with van der Waals surface area (Å²) in [6.07, 6.45) is 12.8. The third kappa shape index (κ3) is 2.81. The molecule has 0 aromatic heterocycles. The Kier molecular flexibility index (Phi) is 3.59. The van der Waals surface area contributed by atoms with Crippen molar-refractivity contribution in [1.29, 1.82) is 0 Å². The lowest BCUT2D eigenvalue weighted by Crippen LogP contribution is -2.30. The van der Waals surface area contributed by atoms with Crippen LogP contribution in [0.5, 0.6) is 0 Å². The average Bonchev–Trinajstić information content (AvgIpc) is 3.11. The quantitative estimate of drug-likeness (QED) is 0.659. The molecule has 0 bridgehead atoms. The summed E-state index contributed by atoms with van der Waals surface area (Å²) in [4.78, 5) is 0. The first-order chi connectivity index (χ1) is 9.11. The van der Waals surface area contributed by atoms with Crippen molar-refractivity contribution in [3.8, 4) is 0 Å². The van der Waals surface area contributed by atoms with E-state index < -0.39 is 0 Å². The van der Waals surface area contributed by atoms with E-state index in [2.05, 4.69) is 32.9 Å². The number of ether oxygens (including phenoxy) is 1. The highest BCUT2D eigenvalue weighted by atomic mass is 16.5. The Hall–Kier alpha value is -0.560. The van der Waals surface area contributed by atoms with E-state index in [0.717, 1.165) is 12.5 Å². The molecule has 3 atom stereocenters. The van der Waals surface area contributed by atoms with E-state index >= 15 is 0 Å². The molecule has 105 valence electrons. The molecule has 19 heavy (non-hydrogen) atoms. The third-order valence-corrected chi connectivity index (χ3v) is 5.11. The predicted molar refractivity (Wildman–Crippen MR) is 79.8 cm³/mol. The Bertz CT molecular complexity index is 406. The average molecular weight is 259 g/mol. The maximum atomic E-state index is 6.38. The van der Waals surface area contributed by atoms with Crippen LogP contribution in [-0.4, -0.2) is 12.7 Å². The fraction of sp³-hybridized carbons (Fsp3) is 0.722. The van der Waals surface area contributed by atoms with Crippen molar-refractivity contribution >= 4 is 0 Å². The molecule has 1 fully saturated rings. The molecule has 1 nitrogen and oxygen atoms in total. The number of fused-ring (bicyclic) bond motifs is 1. The van der Waals surface area contributed by atoms with Crippen LogP contribution >= 0.6 is 0 Å². The second-order valence-corrected chi connectivity index (χ2v) is 7.18. The summed E-state index contributed by atoms with van der Waals surface area (Å²) >= 11 is 0. The highest BCUT2D eigenvalue weighted by Crippen LogP contribution is 2.51. The molecule has 1 radical (unpaired) electrons. The van der Waals surface area contributed by atoms with Gasteiger partial charge in [-0.2, -0.15) is 0 Å². The summed E-state index contributed by atoms with van der Waals surface area (Å²) in [6.45, 7) is 7.90. The van der Waals surface area contributed by atoms with Crippen LogP contribution in [0, 0.1) is 17.3 Å². The zero-order valence-corrected chi connectivity index (χ0v) is 12.7. The van der Waals surface area contributed by atoms with Crippen molar-refractivity contribution in [2.24, 2.45) is 11.3 Å². The Balaban J connectivity index is 1.66. The van der Waals surface area contributed by atoms with E-state index in [9.17, 15) is 0 Å². The first-order valence-electron chi connectivity index (χ1n) is 7.96. The SMILES string of the molecule is CCCC1(C)COC(C2CC=C(C)CC2)[C]2C=C2C1. The monoisotopic (exact) mass is 259 g/mol. The van der Waals surface area contributed by atoms with Crippen LogP contribution in [0.1, 0.15) is 59.3 Å². The maximum Gasteiger partial charge on any atom is 0.0747 e. The van der Waals surface area contributed by atoms with E-state index in [-0.39, 0.29) is 0 Å². The van der Waals surface area contributed by atoms with Gasteiger partial charge in [0.2, 0.25) is 0 Å². The van der Waals surface area contributed by atoms with Crippen molar-refractivity contribution in [3.05, 3.63) is 29.2 Å². The Labute approximate surface area is 118 Å². The molecule has 0 aromatic rings. The minimum atomic E-state index is 0.373. The summed E-state index contributed by atoms with van der Waals surface area (Å²) in [6, 6.07) is 0. The summed E-state index contributed by atoms with van der Waals surface area (Å²) in [7, 11) is 0. The molecule has 0 spiro atoms. The maximum absolute atomic E-state index is 6.38. The third-order valence-electron chi connectivity index (χ3n) is 5.11. The van der Waals surface area contributed by atoms with Crippen LogP contribution in [0.4, 0.5) is 0 Å². The molecule has 0 N–H and O–H groups in total. The van der Waals surface area contributed by atoms with Crippen molar-refractivity contribution in [3.63, 3.8) is 0 Å². The molecule has 2 aliphatic carbocycles. The largest absolute Gasteiger partial charge is 0.376 e. The first-order valence-corrected chi connectivity index (χ1v) is 7.96. The highest BCUT2D eigenvalue weighted by Gasteiger charge is 2.45. The van der Waals surface area contributed by atoms with E-state index in [0.29, 0.717) is 11.5 Å². The standard InChI is InChI=1S/C18H27O/c1-4-9-18(3)11-15-10-16(15)17(19-12-18)14-7-5-13(2)6-8-14/h5,10,14,17H,4,6-9,11-12H2,1-3H3. The van der Waals surface area contributed by atoms with E-state index in [1.165, 1.54) is 38.5 Å². The zero-order chi connectivity index (χ0) is 13.5. The molecule has 1 saturated heterocycles. The molecule has 1 aliphatic heterocycles. The normalized spacial score (nSPS) is 39.1. The second kappa shape index (κ2) is 5.09. The predicted octanol–water partition coefficient (Wildman–Crippen LogP) is 4.84. The molecule has 0 amide bonds. The van der Waals surface area contributed by atoms with Crippen LogP contribution in [0.15, 0.2) is 23.3 Å². The number of hydrogen-bond donors (Lipinski definition) is 0. The van der Waals surface area contributed by atoms with Gasteiger partial charge in [0.1, 0.15) is 0 Å². The Morgan fingerprint density at radius 1 is 1.42 bits per heavy atom. The van der Waals surface area contributed by atoms with Gasteiger partial charge < -0.3 is 4.74 Å². The fourth-order valence-corrected chi connectivity index (χ4v) is 3.88. The van der Waals surface area contributed by atoms with Crippen LogP contribution in [0.2, 0.25) is 0 Å². The lowest BCUT2D eigenvalue weighted by atomic mass is 9.81. The summed E-state index contributed by atoms with van der Waals surface area (Å²) in [5.41, 5.74) is 3.55. The topological polar surface area (TPSA) is 9.23 Å². The van der Waals surface area contributed by atoms with E-state index in [1.54, 1.807) is 17.1 Å². The molecular weight excluding hydrogens is 232 g/mol. The molecule has 0 aromatic carbocycles. The van der Waals surface area contributed by atoms with Crippen LogP contribution in [0.3, 0.4) is 0 Å². The molecule has 1 heteroatoms. The number of hydrogen-bond acceptors (Lipinski definition) is 1. The molecule has 0 saturated carbocycles. The molecule has 3 rings (SSSR count). The molecular formula is C18H27O. The number of rotatable bonds is 3. The van der Waals surface area contributed by atoms with Gasteiger partial charge in [0, 0.05) is 0 Å². The van der Waals surface area contributed by atoms with Gasteiger partial charge in [0.05, 0.1) is 18.6 Å². The van der Waals surface area contributed by atoms with Gasteiger partial charge in [-0.05, 0) is 50.4 Å². The summed E-state index contributed by atoms with van der Waals surface area (Å²) < 4.78 is 6.38. The van der Waals surface area contributed by atoms with Crippen molar-refractivity contribution in [2.45, 2.75) is 65.4 Å². The lowest BCUT2D eigenvalue weighted by molar-refractivity contribution is -0.0131. The smallest absolute Gasteiger partial charge is 0.0747 e. The van der Waals surface area contributed by atoms with E-state index in [4.69, 9.17) is 4.74 Å². The highest BCUT2D eigenvalue weighted by molar-refractivity contribution is 5.54. The fourth-order valence-electron chi connectivity index (χ4n) is 3.88. The van der Waals surface area contributed by atoms with Gasteiger partial charge in [0.15, 0.2) is 0 Å². The second-order valence-electron chi connectivity index (χ2n) is 7.18. The minimum Gasteiger partial charge on any atom is -0.376 e. The van der Waals surface area contributed by atoms with Gasteiger partial charge in [-0.1, -0.05) is 43.6 Å². The van der Waals surface area contributed by atoms with Gasteiger partial charge in [-0.25, -0.2) is 0 Å².